The predicted octanol–water partition coefficient (Wildman–Crippen LogP) is 1.13. The van der Waals surface area contributed by atoms with E-state index in [1.807, 2.05) is 0 Å². The van der Waals surface area contributed by atoms with Crippen LogP contribution in [0.5, 0.6) is 0 Å². The maximum absolute atomic E-state index is 11.5. The van der Waals surface area contributed by atoms with E-state index in [0.717, 1.165) is 44.8 Å². The van der Waals surface area contributed by atoms with Crippen LogP contribution in [0, 0.1) is 0 Å². The number of hydrogen-bond donors (Lipinski definition) is 2. The molecule has 3 heterocycles. The Morgan fingerprint density at radius 3 is 3.04 bits per heavy atom. The number of nitrogens with zero attached hydrogens (tertiary/aromatic N) is 1. The number of H-pyrrole nitrogens is 2. The normalized spacial score (nSPS) is 20.9. The zero-order chi connectivity index (χ0) is 16.5. The molecule has 126 valence electrons. The number of ether oxygens (including phenoxy) is 1. The van der Waals surface area contributed by atoms with Gasteiger partial charge in [-0.05, 0) is 36.1 Å². The second-order valence-corrected chi connectivity index (χ2v) is 6.62. The first-order valence-corrected chi connectivity index (χ1v) is 8.42. The lowest BCUT2D eigenvalue weighted by atomic mass is 9.97. The van der Waals surface area contributed by atoms with E-state index in [1.165, 1.54) is 22.8 Å². The SMILES string of the molecule is O=c1cc(C2CCN(Cc3cccc4c3CCOC4)C2)[nH]c(=O)[nH]1. The third-order valence-electron chi connectivity index (χ3n) is 5.01. The molecule has 1 unspecified atom stereocenters. The highest BCUT2D eigenvalue weighted by Gasteiger charge is 2.26. The molecule has 1 fully saturated rings. The minimum absolute atomic E-state index is 0.211. The minimum atomic E-state index is -0.423. The van der Waals surface area contributed by atoms with Gasteiger partial charge in [-0.3, -0.25) is 14.7 Å². The van der Waals surface area contributed by atoms with Gasteiger partial charge in [-0.25, -0.2) is 4.79 Å². The quantitative estimate of drug-likeness (QED) is 0.886. The van der Waals surface area contributed by atoms with Crippen LogP contribution in [0.15, 0.2) is 33.9 Å². The van der Waals surface area contributed by atoms with E-state index >= 15 is 0 Å². The van der Waals surface area contributed by atoms with E-state index in [1.54, 1.807) is 0 Å². The van der Waals surface area contributed by atoms with E-state index in [9.17, 15) is 9.59 Å². The molecule has 0 spiro atoms. The largest absolute Gasteiger partial charge is 0.376 e. The van der Waals surface area contributed by atoms with Crippen molar-refractivity contribution >= 4 is 0 Å². The molecule has 0 radical (unpaired) electrons. The molecule has 2 N–H and O–H groups in total. The van der Waals surface area contributed by atoms with Crippen molar-refractivity contribution in [3.63, 3.8) is 0 Å². The fraction of sp³-hybridized carbons (Fsp3) is 0.444. The van der Waals surface area contributed by atoms with Crippen LogP contribution in [-0.2, 0) is 24.3 Å². The average Bonchev–Trinajstić information content (AvgIpc) is 3.03. The topological polar surface area (TPSA) is 78.2 Å². The summed E-state index contributed by atoms with van der Waals surface area (Å²) in [6.07, 6.45) is 1.93. The maximum atomic E-state index is 11.5. The first-order valence-electron chi connectivity index (χ1n) is 8.42. The van der Waals surface area contributed by atoms with E-state index in [0.29, 0.717) is 6.61 Å². The second-order valence-electron chi connectivity index (χ2n) is 6.62. The summed E-state index contributed by atoms with van der Waals surface area (Å²) in [6.45, 7) is 4.24. The summed E-state index contributed by atoms with van der Waals surface area (Å²) < 4.78 is 5.54. The van der Waals surface area contributed by atoms with Crippen LogP contribution in [0.2, 0.25) is 0 Å². The molecule has 1 aromatic heterocycles. The van der Waals surface area contributed by atoms with Gasteiger partial charge in [0.15, 0.2) is 0 Å². The van der Waals surface area contributed by atoms with Crippen LogP contribution in [-0.4, -0.2) is 34.6 Å². The van der Waals surface area contributed by atoms with Crippen molar-refractivity contribution in [3.8, 4) is 0 Å². The molecule has 24 heavy (non-hydrogen) atoms. The van der Waals surface area contributed by atoms with Crippen molar-refractivity contribution < 1.29 is 4.74 Å². The number of rotatable bonds is 3. The second kappa shape index (κ2) is 6.37. The summed E-state index contributed by atoms with van der Waals surface area (Å²) in [5.74, 6) is 0.211. The third kappa shape index (κ3) is 3.07. The van der Waals surface area contributed by atoms with Crippen LogP contribution >= 0.6 is 0 Å². The number of benzene rings is 1. The molecule has 1 saturated heterocycles. The fourth-order valence-electron chi connectivity index (χ4n) is 3.83. The first kappa shape index (κ1) is 15.4. The monoisotopic (exact) mass is 327 g/mol. The van der Waals surface area contributed by atoms with Crippen LogP contribution in [0.1, 0.15) is 34.7 Å². The van der Waals surface area contributed by atoms with Crippen LogP contribution in [0.4, 0.5) is 0 Å². The molecular weight excluding hydrogens is 306 g/mol. The van der Waals surface area contributed by atoms with Gasteiger partial charge in [-0.1, -0.05) is 18.2 Å². The Hall–Kier alpha value is -2.18. The Bertz CT molecular complexity index is 827. The van der Waals surface area contributed by atoms with E-state index in [-0.39, 0.29) is 11.5 Å². The molecule has 1 aromatic carbocycles. The lowest BCUT2D eigenvalue weighted by Gasteiger charge is -2.23. The zero-order valence-electron chi connectivity index (χ0n) is 13.5. The number of aromatic amines is 2. The van der Waals surface area contributed by atoms with Gasteiger partial charge < -0.3 is 9.72 Å². The van der Waals surface area contributed by atoms with Crippen molar-refractivity contribution in [2.75, 3.05) is 19.7 Å². The molecule has 2 aliphatic heterocycles. The molecule has 2 aromatic rings. The van der Waals surface area contributed by atoms with Gasteiger partial charge in [0.1, 0.15) is 0 Å². The van der Waals surface area contributed by atoms with Gasteiger partial charge in [0.05, 0.1) is 13.2 Å². The molecule has 0 amide bonds. The van der Waals surface area contributed by atoms with Gasteiger partial charge in [0.2, 0.25) is 0 Å². The standard InChI is InChI=1S/C18H21N3O3/c22-17-8-16(19-18(23)20-17)13-4-6-21(10-13)9-12-2-1-3-14-11-24-7-5-15(12)14/h1-3,8,13H,4-7,9-11H2,(H2,19,20,22,23). The molecular formula is C18H21N3O3. The van der Waals surface area contributed by atoms with Gasteiger partial charge in [0.25, 0.3) is 5.56 Å². The summed E-state index contributed by atoms with van der Waals surface area (Å²) in [6, 6.07) is 7.96. The average molecular weight is 327 g/mol. The van der Waals surface area contributed by atoms with Crippen molar-refractivity contribution in [2.24, 2.45) is 0 Å². The summed E-state index contributed by atoms with van der Waals surface area (Å²) >= 11 is 0. The summed E-state index contributed by atoms with van der Waals surface area (Å²) in [5, 5.41) is 0. The highest BCUT2D eigenvalue weighted by atomic mass is 16.5. The third-order valence-corrected chi connectivity index (χ3v) is 5.01. The summed E-state index contributed by atoms with van der Waals surface area (Å²) in [7, 11) is 0. The molecule has 4 rings (SSSR count). The molecule has 0 saturated carbocycles. The smallest absolute Gasteiger partial charge is 0.325 e. The Morgan fingerprint density at radius 2 is 2.17 bits per heavy atom. The van der Waals surface area contributed by atoms with E-state index < -0.39 is 5.69 Å². The Labute approximate surface area is 139 Å². The highest BCUT2D eigenvalue weighted by Crippen LogP contribution is 2.28. The number of hydrogen-bond acceptors (Lipinski definition) is 4. The first-order chi connectivity index (χ1) is 11.7. The van der Waals surface area contributed by atoms with Crippen molar-refractivity contribution in [1.29, 1.82) is 0 Å². The Morgan fingerprint density at radius 1 is 1.25 bits per heavy atom. The predicted molar refractivity (Wildman–Crippen MR) is 90.1 cm³/mol. The maximum Gasteiger partial charge on any atom is 0.325 e. The number of nitrogens with one attached hydrogen (secondary N) is 2. The van der Waals surface area contributed by atoms with Crippen LogP contribution in [0.25, 0.3) is 0 Å². The summed E-state index contributed by atoms with van der Waals surface area (Å²) in [4.78, 5) is 30.4. The molecule has 0 aliphatic carbocycles. The van der Waals surface area contributed by atoms with Gasteiger partial charge in [-0.2, -0.15) is 0 Å². The van der Waals surface area contributed by atoms with Crippen molar-refractivity contribution in [1.82, 2.24) is 14.9 Å². The number of fused-ring (bicyclic) bond motifs is 1. The molecule has 2 aliphatic rings. The van der Waals surface area contributed by atoms with Gasteiger partial charge in [-0.15, -0.1) is 0 Å². The fourth-order valence-corrected chi connectivity index (χ4v) is 3.83. The Kier molecular flexibility index (Phi) is 4.08. The minimum Gasteiger partial charge on any atom is -0.376 e. The van der Waals surface area contributed by atoms with Gasteiger partial charge >= 0.3 is 5.69 Å². The molecule has 6 heteroatoms. The summed E-state index contributed by atoms with van der Waals surface area (Å²) in [5.41, 5.74) is 4.09. The number of aromatic nitrogens is 2. The molecule has 0 bridgehead atoms. The van der Waals surface area contributed by atoms with E-state index in [2.05, 4.69) is 33.1 Å². The van der Waals surface area contributed by atoms with Gasteiger partial charge in [0, 0.05) is 30.8 Å². The highest BCUT2D eigenvalue weighted by molar-refractivity contribution is 5.36. The van der Waals surface area contributed by atoms with E-state index in [4.69, 9.17) is 4.74 Å². The zero-order valence-corrected chi connectivity index (χ0v) is 13.5. The van der Waals surface area contributed by atoms with Crippen molar-refractivity contribution in [2.45, 2.75) is 31.9 Å². The lowest BCUT2D eigenvalue weighted by molar-refractivity contribution is 0.110. The lowest BCUT2D eigenvalue weighted by Crippen LogP contribution is -2.26. The molecule has 6 nitrogen and oxygen atoms in total. The molecule has 1 atom stereocenters. The van der Waals surface area contributed by atoms with Crippen LogP contribution in [0.3, 0.4) is 0 Å². The number of likely N-dealkylation sites (tertiary alicyclic amines) is 1. The van der Waals surface area contributed by atoms with Crippen LogP contribution < -0.4 is 11.2 Å². The Balaban J connectivity index is 1.50. The van der Waals surface area contributed by atoms with Crippen molar-refractivity contribution in [3.05, 3.63) is 67.5 Å².